The average Bonchev–Trinajstić information content (AvgIpc) is 3.41. The number of fused-ring (bicyclic) bond motifs is 1. The van der Waals surface area contributed by atoms with Crippen molar-refractivity contribution < 1.29 is 19.4 Å². The van der Waals surface area contributed by atoms with Crippen molar-refractivity contribution in [2.24, 2.45) is 0 Å². The number of aliphatic hydroxyl groups excluding tert-OH is 1. The van der Waals surface area contributed by atoms with Gasteiger partial charge in [0.25, 0.3) is 11.7 Å². The standard InChI is InChI=1S/C26H18N2O4/c27-15-16-6-9-20(10-7-16)28-23(17-4-2-1-3-5-17)22(25(30)26(28)31)24(29)19-8-11-21-18(14-19)12-13-32-21/h1-11,14,23,29H,12-13H2/b24-22-. The lowest BCUT2D eigenvalue weighted by Crippen LogP contribution is -2.29. The second-order valence-electron chi connectivity index (χ2n) is 7.66. The highest BCUT2D eigenvalue weighted by Crippen LogP contribution is 2.42. The highest BCUT2D eigenvalue weighted by Gasteiger charge is 2.46. The molecule has 2 heterocycles. The number of rotatable bonds is 3. The van der Waals surface area contributed by atoms with Crippen molar-refractivity contribution in [3.05, 3.63) is 101 Å². The van der Waals surface area contributed by atoms with Crippen LogP contribution in [0.25, 0.3) is 5.76 Å². The van der Waals surface area contributed by atoms with Crippen molar-refractivity contribution in [3.8, 4) is 11.8 Å². The predicted molar refractivity (Wildman–Crippen MR) is 118 cm³/mol. The van der Waals surface area contributed by atoms with E-state index in [1.54, 1.807) is 42.5 Å². The third-order valence-corrected chi connectivity index (χ3v) is 5.80. The molecular formula is C26H18N2O4. The van der Waals surface area contributed by atoms with Crippen LogP contribution in [-0.4, -0.2) is 23.4 Å². The molecular weight excluding hydrogens is 404 g/mol. The number of benzene rings is 3. The summed E-state index contributed by atoms with van der Waals surface area (Å²) in [7, 11) is 0. The van der Waals surface area contributed by atoms with E-state index in [4.69, 9.17) is 10.00 Å². The van der Waals surface area contributed by atoms with Crippen LogP contribution in [-0.2, 0) is 16.0 Å². The number of Topliss-reactive ketones (excluding diaryl/α,β-unsaturated/α-hetero) is 1. The van der Waals surface area contributed by atoms with Gasteiger partial charge in [-0.15, -0.1) is 0 Å². The van der Waals surface area contributed by atoms with Crippen LogP contribution < -0.4 is 9.64 Å². The number of carbonyl (C=O) groups is 2. The molecule has 6 heteroatoms. The molecule has 2 aliphatic rings. The summed E-state index contributed by atoms with van der Waals surface area (Å²) in [6.45, 7) is 0.576. The molecule has 0 bridgehead atoms. The minimum atomic E-state index is -0.798. The molecule has 156 valence electrons. The molecule has 0 aliphatic carbocycles. The Bertz CT molecular complexity index is 1300. The second kappa shape index (κ2) is 7.71. The van der Waals surface area contributed by atoms with Gasteiger partial charge in [-0.25, -0.2) is 0 Å². The van der Waals surface area contributed by atoms with Gasteiger partial charge in [0.15, 0.2) is 0 Å². The largest absolute Gasteiger partial charge is 0.507 e. The molecule has 0 saturated carbocycles. The van der Waals surface area contributed by atoms with Crippen LogP contribution in [0.3, 0.4) is 0 Å². The van der Waals surface area contributed by atoms with Crippen LogP contribution >= 0.6 is 0 Å². The molecule has 3 aromatic rings. The third-order valence-electron chi connectivity index (χ3n) is 5.80. The fourth-order valence-corrected chi connectivity index (χ4v) is 4.24. The van der Waals surface area contributed by atoms with Gasteiger partial charge in [-0.05, 0) is 53.6 Å². The van der Waals surface area contributed by atoms with Gasteiger partial charge in [0, 0.05) is 17.7 Å². The summed E-state index contributed by atoms with van der Waals surface area (Å²) in [5, 5.41) is 20.3. The summed E-state index contributed by atoms with van der Waals surface area (Å²) in [6, 6.07) is 22.1. The molecule has 6 nitrogen and oxygen atoms in total. The van der Waals surface area contributed by atoms with Gasteiger partial charge in [-0.2, -0.15) is 5.26 Å². The summed E-state index contributed by atoms with van der Waals surface area (Å²) in [5.41, 5.74) is 3.06. The van der Waals surface area contributed by atoms with Gasteiger partial charge in [0.1, 0.15) is 11.5 Å². The molecule has 1 amide bonds. The SMILES string of the molecule is N#Cc1ccc(N2C(=O)C(=O)/C(=C(\O)c3ccc4c(c3)CCO4)C2c2ccccc2)cc1. The van der Waals surface area contributed by atoms with E-state index in [1.165, 1.54) is 4.90 Å². The number of carbonyl (C=O) groups excluding carboxylic acids is 2. The van der Waals surface area contributed by atoms with Gasteiger partial charge >= 0.3 is 0 Å². The Labute approximate surface area is 184 Å². The van der Waals surface area contributed by atoms with Crippen molar-refractivity contribution >= 4 is 23.1 Å². The lowest BCUT2D eigenvalue weighted by atomic mass is 9.94. The Morgan fingerprint density at radius 3 is 2.50 bits per heavy atom. The third kappa shape index (κ3) is 3.12. The first-order valence-electron chi connectivity index (χ1n) is 10.2. The van der Waals surface area contributed by atoms with Crippen LogP contribution in [0.2, 0.25) is 0 Å². The fraction of sp³-hybridized carbons (Fsp3) is 0.115. The number of hydrogen-bond acceptors (Lipinski definition) is 5. The molecule has 32 heavy (non-hydrogen) atoms. The number of anilines is 1. The zero-order valence-electron chi connectivity index (χ0n) is 17.0. The zero-order valence-corrected chi connectivity index (χ0v) is 17.0. The minimum Gasteiger partial charge on any atom is -0.507 e. The fourth-order valence-electron chi connectivity index (χ4n) is 4.24. The Kier molecular flexibility index (Phi) is 4.72. The summed E-state index contributed by atoms with van der Waals surface area (Å²) in [5.74, 6) is -0.936. The van der Waals surface area contributed by atoms with E-state index in [0.717, 1.165) is 17.7 Å². The smallest absolute Gasteiger partial charge is 0.300 e. The summed E-state index contributed by atoms with van der Waals surface area (Å²) >= 11 is 0. The Morgan fingerprint density at radius 2 is 1.78 bits per heavy atom. The summed E-state index contributed by atoms with van der Waals surface area (Å²) in [6.07, 6.45) is 0.720. The lowest BCUT2D eigenvalue weighted by molar-refractivity contribution is -0.132. The first-order valence-corrected chi connectivity index (χ1v) is 10.2. The molecule has 1 unspecified atom stereocenters. The van der Waals surface area contributed by atoms with Crippen LogP contribution in [0.4, 0.5) is 5.69 Å². The predicted octanol–water partition coefficient (Wildman–Crippen LogP) is 4.12. The molecule has 5 rings (SSSR count). The van der Waals surface area contributed by atoms with Crippen molar-refractivity contribution in [2.45, 2.75) is 12.5 Å². The summed E-state index contributed by atoms with van der Waals surface area (Å²) < 4.78 is 5.53. The van der Waals surface area contributed by atoms with Crippen molar-refractivity contribution in [1.29, 1.82) is 5.26 Å². The maximum atomic E-state index is 13.2. The maximum Gasteiger partial charge on any atom is 0.300 e. The monoisotopic (exact) mass is 422 g/mol. The van der Waals surface area contributed by atoms with Crippen LogP contribution in [0.1, 0.15) is 28.3 Å². The number of nitriles is 1. The van der Waals surface area contributed by atoms with Crippen molar-refractivity contribution in [2.75, 3.05) is 11.5 Å². The normalized spacial score (nSPS) is 18.8. The van der Waals surface area contributed by atoms with Crippen LogP contribution in [0.5, 0.6) is 5.75 Å². The molecule has 1 N–H and O–H groups in total. The Balaban J connectivity index is 1.68. The molecule has 0 aromatic heterocycles. The van der Waals surface area contributed by atoms with Gasteiger partial charge in [0.05, 0.1) is 29.9 Å². The molecule has 1 atom stereocenters. The molecule has 1 saturated heterocycles. The molecule has 0 radical (unpaired) electrons. The van der Waals surface area contributed by atoms with Crippen LogP contribution in [0.15, 0.2) is 78.4 Å². The highest BCUT2D eigenvalue weighted by atomic mass is 16.5. The van der Waals surface area contributed by atoms with E-state index in [1.807, 2.05) is 36.4 Å². The van der Waals surface area contributed by atoms with Crippen molar-refractivity contribution in [3.63, 3.8) is 0 Å². The lowest BCUT2D eigenvalue weighted by Gasteiger charge is -2.25. The van der Waals surface area contributed by atoms with E-state index < -0.39 is 17.7 Å². The Hall–Kier alpha value is -4.37. The van der Waals surface area contributed by atoms with Crippen LogP contribution in [0, 0.1) is 11.3 Å². The van der Waals surface area contributed by atoms with E-state index >= 15 is 0 Å². The zero-order chi connectivity index (χ0) is 22.2. The molecule has 3 aromatic carbocycles. The minimum absolute atomic E-state index is 0.0319. The number of nitrogens with zero attached hydrogens (tertiary/aromatic N) is 2. The van der Waals surface area contributed by atoms with Gasteiger partial charge < -0.3 is 9.84 Å². The van der Waals surface area contributed by atoms with E-state index in [2.05, 4.69) is 0 Å². The number of amides is 1. The van der Waals surface area contributed by atoms with Crippen molar-refractivity contribution in [1.82, 2.24) is 0 Å². The quantitative estimate of drug-likeness (QED) is 0.390. The van der Waals surface area contributed by atoms with Gasteiger partial charge in [-0.3, -0.25) is 14.5 Å². The number of ether oxygens (including phenoxy) is 1. The number of ketones is 1. The second-order valence-corrected chi connectivity index (χ2v) is 7.66. The summed E-state index contributed by atoms with van der Waals surface area (Å²) in [4.78, 5) is 27.7. The van der Waals surface area contributed by atoms with E-state index in [-0.39, 0.29) is 11.3 Å². The van der Waals surface area contributed by atoms with Gasteiger partial charge in [0.2, 0.25) is 0 Å². The van der Waals surface area contributed by atoms with E-state index in [9.17, 15) is 14.7 Å². The number of aliphatic hydroxyl groups is 1. The van der Waals surface area contributed by atoms with E-state index in [0.29, 0.717) is 29.0 Å². The first kappa shape index (κ1) is 19.6. The maximum absolute atomic E-state index is 13.2. The molecule has 0 spiro atoms. The average molecular weight is 422 g/mol. The Morgan fingerprint density at radius 1 is 1.03 bits per heavy atom. The highest BCUT2D eigenvalue weighted by molar-refractivity contribution is 6.51. The molecule has 2 aliphatic heterocycles. The topological polar surface area (TPSA) is 90.6 Å². The van der Waals surface area contributed by atoms with Gasteiger partial charge in [-0.1, -0.05) is 30.3 Å². The first-order chi connectivity index (χ1) is 15.6. The molecule has 1 fully saturated rings. The number of hydrogen-bond donors (Lipinski definition) is 1.